The average molecular weight is 302 g/mol. The Morgan fingerprint density at radius 3 is 2.33 bits per heavy atom. The smallest absolute Gasteiger partial charge is 0.347 e. The summed E-state index contributed by atoms with van der Waals surface area (Å²) in [6.45, 7) is 0. The van der Waals surface area contributed by atoms with Gasteiger partial charge in [-0.2, -0.15) is 0 Å². The lowest BCUT2D eigenvalue weighted by molar-refractivity contribution is -0.00696. The van der Waals surface area contributed by atoms with Crippen LogP contribution in [0.25, 0.3) is 4.96 Å². The van der Waals surface area contributed by atoms with E-state index in [1.165, 1.54) is 55.6 Å². The third-order valence-corrected chi connectivity index (χ3v) is 6.93. The predicted octanol–water partition coefficient (Wildman–Crippen LogP) is 3.56. The van der Waals surface area contributed by atoms with Gasteiger partial charge in [0.05, 0.1) is 5.69 Å². The second-order valence-electron chi connectivity index (χ2n) is 7.41. The van der Waals surface area contributed by atoms with Crippen LogP contribution in [0.1, 0.15) is 53.9 Å². The van der Waals surface area contributed by atoms with Gasteiger partial charge in [-0.15, -0.1) is 0 Å². The molecule has 5 heteroatoms. The number of nitrogens with zero attached hydrogens (tertiary/aromatic N) is 2. The van der Waals surface area contributed by atoms with Gasteiger partial charge in [0.25, 0.3) is 0 Å². The van der Waals surface area contributed by atoms with Crippen molar-refractivity contribution in [3.05, 3.63) is 23.0 Å². The van der Waals surface area contributed by atoms with Crippen molar-refractivity contribution >= 4 is 22.3 Å². The lowest BCUT2D eigenvalue weighted by Crippen LogP contribution is -2.48. The normalized spacial score (nSPS) is 37.4. The monoisotopic (exact) mass is 302 g/mol. The van der Waals surface area contributed by atoms with Crippen LogP contribution in [-0.4, -0.2) is 20.5 Å². The molecule has 0 amide bonds. The summed E-state index contributed by atoms with van der Waals surface area (Å²) in [6.07, 6.45) is 12.0. The summed E-state index contributed by atoms with van der Waals surface area (Å²) in [7, 11) is 0. The molecule has 0 atom stereocenters. The van der Waals surface area contributed by atoms with Crippen LogP contribution in [0.3, 0.4) is 0 Å². The lowest BCUT2D eigenvalue weighted by Gasteiger charge is -2.56. The van der Waals surface area contributed by atoms with Crippen molar-refractivity contribution in [1.29, 1.82) is 0 Å². The first-order valence-electron chi connectivity index (χ1n) is 7.84. The molecule has 4 bridgehead atoms. The molecule has 0 aromatic carbocycles. The van der Waals surface area contributed by atoms with E-state index in [4.69, 9.17) is 10.1 Å². The quantitative estimate of drug-likeness (QED) is 0.923. The van der Waals surface area contributed by atoms with Crippen molar-refractivity contribution in [1.82, 2.24) is 9.38 Å². The first kappa shape index (κ1) is 12.2. The zero-order chi connectivity index (χ0) is 14.2. The highest BCUT2D eigenvalue weighted by atomic mass is 32.1. The van der Waals surface area contributed by atoms with Gasteiger partial charge in [-0.05, 0) is 56.3 Å². The van der Waals surface area contributed by atoms with E-state index in [9.17, 15) is 4.79 Å². The number of hydrogen-bond acceptors (Lipinski definition) is 3. The number of imidazole rings is 1. The molecule has 1 N–H and O–H groups in total. The van der Waals surface area contributed by atoms with Crippen LogP contribution in [0.2, 0.25) is 0 Å². The van der Waals surface area contributed by atoms with E-state index in [1.807, 2.05) is 4.40 Å². The van der Waals surface area contributed by atoms with Gasteiger partial charge in [-0.1, -0.05) is 11.3 Å². The minimum Gasteiger partial charge on any atom is -0.477 e. The summed E-state index contributed by atoms with van der Waals surface area (Å²) < 4.78 is 1.92. The van der Waals surface area contributed by atoms with Crippen LogP contribution < -0.4 is 0 Å². The molecule has 4 saturated carbocycles. The maximum atomic E-state index is 11.0. The number of rotatable bonds is 2. The number of aromatic nitrogens is 2. The standard InChI is InChI=1S/C16H18N2O2S/c19-14(20)12-7-18-8-13(17-15(18)21-12)16-4-9-1-10(5-16)3-11(2-9)6-16/h7-11H,1-6H2,(H,19,20). The number of hydrogen-bond donors (Lipinski definition) is 1. The molecule has 0 aliphatic heterocycles. The van der Waals surface area contributed by atoms with E-state index in [1.54, 1.807) is 6.20 Å². The number of aromatic carboxylic acids is 1. The SMILES string of the molecule is O=C(O)c1cn2cc(C34CC5CC(CC(C5)C3)C4)nc2s1. The summed E-state index contributed by atoms with van der Waals surface area (Å²) in [4.78, 5) is 17.1. The summed E-state index contributed by atoms with van der Waals surface area (Å²) in [5.41, 5.74) is 1.52. The van der Waals surface area contributed by atoms with Crippen molar-refractivity contribution in [2.24, 2.45) is 17.8 Å². The number of fused-ring (bicyclic) bond motifs is 1. The Kier molecular flexibility index (Phi) is 2.26. The highest BCUT2D eigenvalue weighted by Crippen LogP contribution is 2.60. The Morgan fingerprint density at radius 2 is 1.81 bits per heavy atom. The molecule has 4 aliphatic rings. The van der Waals surface area contributed by atoms with Crippen LogP contribution in [0.5, 0.6) is 0 Å². The van der Waals surface area contributed by atoms with E-state index >= 15 is 0 Å². The van der Waals surface area contributed by atoms with Crippen molar-refractivity contribution in [3.8, 4) is 0 Å². The van der Waals surface area contributed by atoms with Crippen molar-refractivity contribution in [2.75, 3.05) is 0 Å². The topological polar surface area (TPSA) is 54.6 Å². The van der Waals surface area contributed by atoms with E-state index in [2.05, 4.69) is 6.20 Å². The molecule has 0 radical (unpaired) electrons. The highest BCUT2D eigenvalue weighted by Gasteiger charge is 2.52. The molecule has 2 aromatic heterocycles. The van der Waals surface area contributed by atoms with E-state index in [0.29, 0.717) is 10.3 Å². The van der Waals surface area contributed by atoms with Gasteiger partial charge in [0, 0.05) is 17.8 Å². The van der Waals surface area contributed by atoms with Crippen LogP contribution in [0, 0.1) is 17.8 Å². The minimum absolute atomic E-state index is 0.296. The van der Waals surface area contributed by atoms with Crippen LogP contribution in [0.15, 0.2) is 12.4 Å². The molecule has 21 heavy (non-hydrogen) atoms. The molecular weight excluding hydrogens is 284 g/mol. The van der Waals surface area contributed by atoms with E-state index < -0.39 is 5.97 Å². The molecule has 0 saturated heterocycles. The van der Waals surface area contributed by atoms with Gasteiger partial charge in [0.15, 0.2) is 4.96 Å². The summed E-state index contributed by atoms with van der Waals surface area (Å²) in [6, 6.07) is 0. The number of carbonyl (C=O) groups is 1. The Morgan fingerprint density at radius 1 is 1.19 bits per heavy atom. The summed E-state index contributed by atoms with van der Waals surface area (Å²) >= 11 is 1.28. The second-order valence-corrected chi connectivity index (χ2v) is 8.42. The molecule has 6 rings (SSSR count). The predicted molar refractivity (Wildman–Crippen MR) is 79.9 cm³/mol. The highest BCUT2D eigenvalue weighted by molar-refractivity contribution is 7.18. The molecule has 4 aliphatic carbocycles. The summed E-state index contributed by atoms with van der Waals surface area (Å²) in [5.74, 6) is 1.86. The molecular formula is C16H18N2O2S. The van der Waals surface area contributed by atoms with Crippen LogP contribution >= 0.6 is 11.3 Å². The fourth-order valence-electron chi connectivity index (χ4n) is 5.57. The lowest BCUT2D eigenvalue weighted by atomic mass is 9.49. The van der Waals surface area contributed by atoms with Crippen molar-refractivity contribution < 1.29 is 9.90 Å². The first-order chi connectivity index (χ1) is 10.1. The molecule has 4 fully saturated rings. The molecule has 0 spiro atoms. The Bertz CT molecular complexity index is 678. The third-order valence-electron chi connectivity index (χ3n) is 5.95. The van der Waals surface area contributed by atoms with E-state index in [-0.39, 0.29) is 0 Å². The maximum absolute atomic E-state index is 11.0. The van der Waals surface area contributed by atoms with E-state index in [0.717, 1.165) is 22.7 Å². The van der Waals surface area contributed by atoms with Gasteiger partial charge in [0.1, 0.15) is 4.88 Å². The van der Waals surface area contributed by atoms with Crippen LogP contribution in [0.4, 0.5) is 0 Å². The molecule has 110 valence electrons. The van der Waals surface area contributed by atoms with Crippen LogP contribution in [-0.2, 0) is 5.41 Å². The zero-order valence-corrected chi connectivity index (χ0v) is 12.6. The number of carboxylic acid groups (broad SMARTS) is 1. The minimum atomic E-state index is -0.859. The second kappa shape index (κ2) is 3.88. The molecule has 0 unspecified atom stereocenters. The summed E-state index contributed by atoms with van der Waals surface area (Å²) in [5, 5.41) is 9.07. The molecule has 4 nitrogen and oxygen atoms in total. The fraction of sp³-hybridized carbons (Fsp3) is 0.625. The van der Waals surface area contributed by atoms with Gasteiger partial charge in [-0.25, -0.2) is 9.78 Å². The third kappa shape index (κ3) is 1.67. The first-order valence-corrected chi connectivity index (χ1v) is 8.65. The fourth-order valence-corrected chi connectivity index (χ4v) is 6.38. The van der Waals surface area contributed by atoms with Crippen molar-refractivity contribution in [3.63, 3.8) is 0 Å². The molecule has 2 heterocycles. The van der Waals surface area contributed by atoms with Gasteiger partial charge in [-0.3, -0.25) is 4.40 Å². The molecule has 2 aromatic rings. The average Bonchev–Trinajstić information content (AvgIpc) is 2.94. The van der Waals surface area contributed by atoms with Gasteiger partial charge in [0.2, 0.25) is 0 Å². The Labute approximate surface area is 126 Å². The van der Waals surface area contributed by atoms with Gasteiger partial charge >= 0.3 is 5.97 Å². The Balaban J connectivity index is 1.57. The van der Waals surface area contributed by atoms with Gasteiger partial charge < -0.3 is 5.11 Å². The maximum Gasteiger partial charge on any atom is 0.347 e. The zero-order valence-electron chi connectivity index (χ0n) is 11.8. The number of carboxylic acids is 1. The Hall–Kier alpha value is -1.36. The number of thiazole rings is 1. The van der Waals surface area contributed by atoms with Crippen molar-refractivity contribution in [2.45, 2.75) is 43.9 Å². The largest absolute Gasteiger partial charge is 0.477 e.